The van der Waals surface area contributed by atoms with Crippen LogP contribution in [0.4, 0.5) is 0 Å². The number of benzene rings is 2. The van der Waals surface area contributed by atoms with Crippen LogP contribution in [0.3, 0.4) is 0 Å². The largest absolute Gasteiger partial charge is 0.496 e. The van der Waals surface area contributed by atoms with Gasteiger partial charge in [0.2, 0.25) is 0 Å². The van der Waals surface area contributed by atoms with Crippen LogP contribution in [0.5, 0.6) is 28.7 Å². The molecule has 0 amide bonds. The van der Waals surface area contributed by atoms with Gasteiger partial charge in [-0.15, -0.1) is 6.58 Å². The third-order valence-electron chi connectivity index (χ3n) is 4.05. The van der Waals surface area contributed by atoms with Gasteiger partial charge in [0.05, 0.1) is 52.4 Å². The second kappa shape index (κ2) is 7.98. The Balaban J connectivity index is 3.02. The Hall–Kier alpha value is -2.60. The molecule has 6 heteroatoms. The molecule has 136 valence electrons. The number of aliphatic hydroxyl groups excluding tert-OH is 1. The number of methoxy groups -OCH3 is 5. The Morgan fingerprint density at radius 2 is 1.36 bits per heavy atom. The molecule has 0 saturated carbocycles. The van der Waals surface area contributed by atoms with Crippen LogP contribution in [0.1, 0.15) is 18.1 Å². The van der Waals surface area contributed by atoms with E-state index in [0.29, 0.717) is 51.5 Å². The summed E-state index contributed by atoms with van der Waals surface area (Å²) in [6.45, 7) is 3.68. The van der Waals surface area contributed by atoms with Crippen molar-refractivity contribution in [2.24, 2.45) is 0 Å². The molecule has 0 heterocycles. The first-order valence-corrected chi connectivity index (χ1v) is 7.74. The summed E-state index contributed by atoms with van der Waals surface area (Å²) in [7, 11) is 7.75. The second-order valence-electron chi connectivity index (χ2n) is 5.31. The number of rotatable bonds is 8. The summed E-state index contributed by atoms with van der Waals surface area (Å²) in [5.74, 6) is 2.53. The summed E-state index contributed by atoms with van der Waals surface area (Å²) in [5, 5.41) is 11.8. The molecular weight excluding hydrogens is 324 g/mol. The van der Waals surface area contributed by atoms with Crippen molar-refractivity contribution in [3.05, 3.63) is 30.4 Å². The molecule has 25 heavy (non-hydrogen) atoms. The van der Waals surface area contributed by atoms with Crippen LogP contribution in [0.15, 0.2) is 24.8 Å². The average Bonchev–Trinajstić information content (AvgIpc) is 2.65. The summed E-state index contributed by atoms with van der Waals surface area (Å²) in [6.07, 6.45) is 1.23. The Morgan fingerprint density at radius 1 is 0.840 bits per heavy atom. The Morgan fingerprint density at radius 3 is 1.84 bits per heavy atom. The molecule has 0 spiro atoms. The first-order valence-electron chi connectivity index (χ1n) is 7.74. The molecule has 2 aromatic rings. The maximum Gasteiger partial charge on any atom is 0.172 e. The summed E-state index contributed by atoms with van der Waals surface area (Å²) >= 11 is 0. The van der Waals surface area contributed by atoms with E-state index in [4.69, 9.17) is 23.7 Å². The number of fused-ring (bicyclic) bond motifs is 1. The zero-order chi connectivity index (χ0) is 18.6. The quantitative estimate of drug-likeness (QED) is 0.737. The van der Waals surface area contributed by atoms with Crippen LogP contribution >= 0.6 is 0 Å². The van der Waals surface area contributed by atoms with Crippen molar-refractivity contribution in [3.63, 3.8) is 0 Å². The Labute approximate surface area is 147 Å². The standard InChI is InChI=1S/C19H24O6/c1-7-8-12(20)11-9-13(21-2)17-16(18(11)24-5)14(22-3)10-15(23-4)19(17)25-6/h7,9-10,12,20H,1,8H2,2-6H3. The molecule has 0 aliphatic heterocycles. The van der Waals surface area contributed by atoms with Gasteiger partial charge < -0.3 is 28.8 Å². The van der Waals surface area contributed by atoms with Crippen LogP contribution in [0.25, 0.3) is 10.8 Å². The minimum atomic E-state index is -0.788. The van der Waals surface area contributed by atoms with Crippen molar-refractivity contribution >= 4 is 10.8 Å². The fraction of sp³-hybridized carbons (Fsp3) is 0.368. The zero-order valence-electron chi connectivity index (χ0n) is 15.2. The molecule has 0 saturated heterocycles. The number of aliphatic hydroxyl groups is 1. The molecule has 0 aromatic heterocycles. The fourth-order valence-electron chi connectivity index (χ4n) is 2.93. The summed E-state index contributed by atoms with van der Waals surface area (Å²) in [5.41, 5.74) is 0.581. The monoisotopic (exact) mass is 348 g/mol. The van der Waals surface area contributed by atoms with Crippen molar-refractivity contribution < 1.29 is 28.8 Å². The van der Waals surface area contributed by atoms with E-state index in [9.17, 15) is 5.11 Å². The summed E-state index contributed by atoms with van der Waals surface area (Å²) in [4.78, 5) is 0. The van der Waals surface area contributed by atoms with Gasteiger partial charge in [0.1, 0.15) is 17.2 Å². The molecule has 0 radical (unpaired) electrons. The highest BCUT2D eigenvalue weighted by atomic mass is 16.5. The van der Waals surface area contributed by atoms with Gasteiger partial charge in [0, 0.05) is 11.6 Å². The molecule has 2 aromatic carbocycles. The van der Waals surface area contributed by atoms with Crippen molar-refractivity contribution in [2.75, 3.05) is 35.5 Å². The van der Waals surface area contributed by atoms with Crippen LogP contribution in [-0.2, 0) is 0 Å². The summed E-state index contributed by atoms with van der Waals surface area (Å²) in [6, 6.07) is 3.45. The van der Waals surface area contributed by atoms with E-state index in [1.54, 1.807) is 53.8 Å². The predicted octanol–water partition coefficient (Wildman–Crippen LogP) is 3.49. The first kappa shape index (κ1) is 18.7. The lowest BCUT2D eigenvalue weighted by Crippen LogP contribution is -2.04. The van der Waals surface area contributed by atoms with Crippen LogP contribution in [0, 0.1) is 0 Å². The van der Waals surface area contributed by atoms with E-state index in [0.717, 1.165) is 0 Å². The van der Waals surface area contributed by atoms with E-state index in [2.05, 4.69) is 6.58 Å². The second-order valence-corrected chi connectivity index (χ2v) is 5.31. The molecule has 1 atom stereocenters. The molecule has 1 N–H and O–H groups in total. The normalized spacial score (nSPS) is 11.8. The van der Waals surface area contributed by atoms with Crippen molar-refractivity contribution in [3.8, 4) is 28.7 Å². The van der Waals surface area contributed by atoms with Crippen molar-refractivity contribution in [2.45, 2.75) is 12.5 Å². The van der Waals surface area contributed by atoms with Crippen LogP contribution in [-0.4, -0.2) is 40.7 Å². The molecular formula is C19H24O6. The Kier molecular flexibility index (Phi) is 5.98. The van der Waals surface area contributed by atoms with E-state index in [1.807, 2.05) is 0 Å². The van der Waals surface area contributed by atoms with Gasteiger partial charge in [-0.3, -0.25) is 0 Å². The highest BCUT2D eigenvalue weighted by molar-refractivity contribution is 6.04. The smallest absolute Gasteiger partial charge is 0.172 e. The van der Waals surface area contributed by atoms with E-state index in [1.165, 1.54) is 0 Å². The van der Waals surface area contributed by atoms with Gasteiger partial charge in [-0.25, -0.2) is 0 Å². The third-order valence-corrected chi connectivity index (χ3v) is 4.05. The minimum absolute atomic E-state index is 0.376. The van der Waals surface area contributed by atoms with Gasteiger partial charge >= 0.3 is 0 Å². The van der Waals surface area contributed by atoms with E-state index >= 15 is 0 Å². The minimum Gasteiger partial charge on any atom is -0.496 e. The predicted molar refractivity (Wildman–Crippen MR) is 96.5 cm³/mol. The molecule has 2 rings (SSSR count). The van der Waals surface area contributed by atoms with Crippen LogP contribution in [0.2, 0.25) is 0 Å². The average molecular weight is 348 g/mol. The highest BCUT2D eigenvalue weighted by Gasteiger charge is 2.26. The number of hydrogen-bond acceptors (Lipinski definition) is 6. The van der Waals surface area contributed by atoms with Gasteiger partial charge in [0.15, 0.2) is 11.5 Å². The van der Waals surface area contributed by atoms with Crippen molar-refractivity contribution in [1.29, 1.82) is 0 Å². The molecule has 0 aliphatic rings. The SMILES string of the molecule is C=CCC(O)c1cc(OC)c2c(OC)c(OC)cc(OC)c2c1OC. The van der Waals surface area contributed by atoms with Gasteiger partial charge in [0.25, 0.3) is 0 Å². The highest BCUT2D eigenvalue weighted by Crippen LogP contribution is 2.51. The Bertz CT molecular complexity index is 769. The lowest BCUT2D eigenvalue weighted by atomic mass is 9.97. The molecule has 0 bridgehead atoms. The van der Waals surface area contributed by atoms with Gasteiger partial charge in [-0.05, 0) is 12.5 Å². The molecule has 0 fully saturated rings. The summed E-state index contributed by atoms with van der Waals surface area (Å²) < 4.78 is 27.7. The maximum absolute atomic E-state index is 10.5. The van der Waals surface area contributed by atoms with Gasteiger partial charge in [-0.2, -0.15) is 0 Å². The first-order chi connectivity index (χ1) is 12.1. The lowest BCUT2D eigenvalue weighted by molar-refractivity contribution is 0.177. The molecule has 1 unspecified atom stereocenters. The number of hydrogen-bond donors (Lipinski definition) is 1. The maximum atomic E-state index is 10.5. The van der Waals surface area contributed by atoms with Crippen LogP contribution < -0.4 is 23.7 Å². The topological polar surface area (TPSA) is 66.4 Å². The lowest BCUT2D eigenvalue weighted by Gasteiger charge is -2.22. The molecule has 0 aliphatic carbocycles. The zero-order valence-corrected chi connectivity index (χ0v) is 15.2. The fourth-order valence-corrected chi connectivity index (χ4v) is 2.93. The van der Waals surface area contributed by atoms with E-state index in [-0.39, 0.29) is 0 Å². The number of ether oxygens (including phenoxy) is 5. The van der Waals surface area contributed by atoms with E-state index < -0.39 is 6.10 Å². The third kappa shape index (κ3) is 3.17. The molecule has 6 nitrogen and oxygen atoms in total. The van der Waals surface area contributed by atoms with Gasteiger partial charge in [-0.1, -0.05) is 6.08 Å². The van der Waals surface area contributed by atoms with Crippen molar-refractivity contribution in [1.82, 2.24) is 0 Å².